The predicted octanol–water partition coefficient (Wildman–Crippen LogP) is 2.59. The number of hydroxylamine groups is 2. The van der Waals surface area contributed by atoms with Crippen molar-refractivity contribution in [3.05, 3.63) is 22.3 Å². The fourth-order valence-electron chi connectivity index (χ4n) is 2.36. The van der Waals surface area contributed by atoms with E-state index in [0.29, 0.717) is 18.9 Å². The van der Waals surface area contributed by atoms with Gasteiger partial charge in [-0.05, 0) is 32.6 Å². The summed E-state index contributed by atoms with van der Waals surface area (Å²) in [5, 5.41) is 10.7. The highest BCUT2D eigenvalue weighted by Gasteiger charge is 2.24. The number of aliphatic imine (C=N–C) groups is 1. The Morgan fingerprint density at radius 3 is 2.50 bits per heavy atom. The molecule has 20 heavy (non-hydrogen) atoms. The van der Waals surface area contributed by atoms with Crippen LogP contribution in [0.5, 0.6) is 0 Å². The van der Waals surface area contributed by atoms with E-state index in [0.717, 1.165) is 18.5 Å². The molecule has 1 aromatic heterocycles. The van der Waals surface area contributed by atoms with Gasteiger partial charge >= 0.3 is 5.69 Å². The van der Waals surface area contributed by atoms with Crippen molar-refractivity contribution in [3.63, 3.8) is 0 Å². The molecule has 0 bridgehead atoms. The molecule has 0 saturated carbocycles. The first-order valence-electron chi connectivity index (χ1n) is 7.05. The van der Waals surface area contributed by atoms with Crippen molar-refractivity contribution in [3.8, 4) is 0 Å². The minimum Gasteiger partial charge on any atom is -0.314 e. The van der Waals surface area contributed by atoms with Gasteiger partial charge < -0.3 is 5.21 Å². The van der Waals surface area contributed by atoms with Gasteiger partial charge in [0.1, 0.15) is 0 Å². The van der Waals surface area contributed by atoms with Crippen LogP contribution in [0.15, 0.2) is 15.9 Å². The average Bonchev–Trinajstić information content (AvgIpc) is 2.79. The number of aromatic amines is 1. The number of piperidine rings is 1. The van der Waals surface area contributed by atoms with Crippen LogP contribution >= 0.6 is 0 Å². The van der Waals surface area contributed by atoms with E-state index in [2.05, 4.69) is 16.7 Å². The molecular formula is C14H24N4O2. The maximum Gasteiger partial charge on any atom is 0.327 e. The summed E-state index contributed by atoms with van der Waals surface area (Å²) in [6, 6.07) is 0.0962. The zero-order valence-electron chi connectivity index (χ0n) is 12.5. The lowest BCUT2D eigenvalue weighted by Crippen LogP contribution is -2.35. The molecule has 0 radical (unpaired) electrons. The molecule has 1 aliphatic heterocycles. The number of hydrogen-bond donors (Lipinski definition) is 2. The van der Waals surface area contributed by atoms with Gasteiger partial charge in [-0.25, -0.2) is 9.79 Å². The van der Waals surface area contributed by atoms with Crippen LogP contribution in [0.4, 0.5) is 5.82 Å². The van der Waals surface area contributed by atoms with E-state index >= 15 is 0 Å². The van der Waals surface area contributed by atoms with Crippen molar-refractivity contribution >= 4 is 18.6 Å². The second kappa shape index (κ2) is 7.81. The van der Waals surface area contributed by atoms with E-state index in [1.54, 1.807) is 4.57 Å². The van der Waals surface area contributed by atoms with E-state index in [4.69, 9.17) is 0 Å². The Kier molecular flexibility index (Phi) is 6.41. The van der Waals surface area contributed by atoms with Crippen molar-refractivity contribution in [2.24, 2.45) is 4.99 Å². The Balaban J connectivity index is 0.000000956. The first-order valence-corrected chi connectivity index (χ1v) is 7.05. The third kappa shape index (κ3) is 3.46. The zero-order chi connectivity index (χ0) is 15.1. The van der Waals surface area contributed by atoms with Crippen LogP contribution in [0.25, 0.3) is 6.08 Å². The second-order valence-electron chi connectivity index (χ2n) is 4.38. The maximum absolute atomic E-state index is 12.0. The Morgan fingerprint density at radius 2 is 2.00 bits per heavy atom. The summed E-state index contributed by atoms with van der Waals surface area (Å²) in [6.45, 7) is 10.5. The molecule has 1 saturated heterocycles. The largest absolute Gasteiger partial charge is 0.327 e. The Morgan fingerprint density at radius 1 is 1.40 bits per heavy atom. The van der Waals surface area contributed by atoms with E-state index in [1.165, 1.54) is 5.06 Å². The van der Waals surface area contributed by atoms with E-state index in [9.17, 15) is 10.0 Å². The Hall–Kier alpha value is -1.66. The van der Waals surface area contributed by atoms with Crippen LogP contribution in [0, 0.1) is 0 Å². The lowest BCUT2D eigenvalue weighted by Gasteiger charge is -2.28. The zero-order valence-corrected chi connectivity index (χ0v) is 12.5. The van der Waals surface area contributed by atoms with Gasteiger partial charge in [0.25, 0.3) is 0 Å². The van der Waals surface area contributed by atoms with Gasteiger partial charge in [-0.1, -0.05) is 19.9 Å². The number of imidazole rings is 1. The van der Waals surface area contributed by atoms with Crippen molar-refractivity contribution in [1.29, 1.82) is 0 Å². The van der Waals surface area contributed by atoms with Crippen molar-refractivity contribution in [1.82, 2.24) is 14.6 Å². The lowest BCUT2D eigenvalue weighted by atomic mass is 10.1. The molecule has 0 amide bonds. The quantitative estimate of drug-likeness (QED) is 0.836. The number of hydrogen-bond acceptors (Lipinski definition) is 4. The summed E-state index contributed by atoms with van der Waals surface area (Å²) in [5.74, 6) is 0.504. The van der Waals surface area contributed by atoms with Crippen LogP contribution in [-0.4, -0.2) is 39.6 Å². The molecule has 1 fully saturated rings. The van der Waals surface area contributed by atoms with E-state index in [1.807, 2.05) is 32.9 Å². The third-order valence-corrected chi connectivity index (χ3v) is 3.23. The first-order chi connectivity index (χ1) is 9.67. The lowest BCUT2D eigenvalue weighted by molar-refractivity contribution is -0.110. The monoisotopic (exact) mass is 280 g/mol. The topological polar surface area (TPSA) is 73.6 Å². The van der Waals surface area contributed by atoms with Gasteiger partial charge in [0.15, 0.2) is 5.82 Å². The summed E-state index contributed by atoms with van der Waals surface area (Å²) in [7, 11) is 0. The smallest absolute Gasteiger partial charge is 0.314 e. The number of nitrogens with zero attached hydrogens (tertiary/aromatic N) is 3. The number of allylic oxidation sites excluding steroid dienone is 1. The fourth-order valence-corrected chi connectivity index (χ4v) is 2.36. The normalized spacial score (nSPS) is 17.0. The maximum atomic E-state index is 12.0. The number of rotatable bonds is 3. The highest BCUT2D eigenvalue weighted by molar-refractivity contribution is 5.59. The summed E-state index contributed by atoms with van der Waals surface area (Å²) in [5.41, 5.74) is 0.593. The Labute approximate surface area is 119 Å². The molecule has 1 aliphatic rings. The van der Waals surface area contributed by atoms with Crippen molar-refractivity contribution < 1.29 is 5.21 Å². The van der Waals surface area contributed by atoms with E-state index < -0.39 is 0 Å². The van der Waals surface area contributed by atoms with Crippen molar-refractivity contribution in [2.75, 3.05) is 13.1 Å². The van der Waals surface area contributed by atoms with E-state index in [-0.39, 0.29) is 11.7 Å². The van der Waals surface area contributed by atoms with Gasteiger partial charge in [0.05, 0.1) is 5.69 Å². The molecule has 112 valence electrons. The predicted molar refractivity (Wildman–Crippen MR) is 81.9 cm³/mol. The molecular weight excluding hydrogens is 256 g/mol. The van der Waals surface area contributed by atoms with Crippen LogP contribution < -0.4 is 5.69 Å². The van der Waals surface area contributed by atoms with Crippen LogP contribution in [0.2, 0.25) is 0 Å². The molecule has 0 spiro atoms. The number of H-pyrrole nitrogens is 1. The summed E-state index contributed by atoms with van der Waals surface area (Å²) < 4.78 is 1.72. The highest BCUT2D eigenvalue weighted by atomic mass is 16.5. The number of nitrogens with one attached hydrogen (secondary N) is 1. The molecule has 2 N–H and O–H groups in total. The first kappa shape index (κ1) is 16.4. The molecule has 2 heterocycles. The Bertz CT molecular complexity index is 508. The summed E-state index contributed by atoms with van der Waals surface area (Å²) in [4.78, 5) is 18.5. The van der Waals surface area contributed by atoms with Crippen LogP contribution in [-0.2, 0) is 0 Å². The average molecular weight is 280 g/mol. The molecule has 6 nitrogen and oxygen atoms in total. The molecule has 1 aromatic rings. The summed E-state index contributed by atoms with van der Waals surface area (Å²) >= 11 is 0. The molecule has 6 heteroatoms. The molecule has 2 rings (SSSR count). The highest BCUT2D eigenvalue weighted by Crippen LogP contribution is 2.26. The van der Waals surface area contributed by atoms with Gasteiger partial charge in [0.2, 0.25) is 0 Å². The minimum absolute atomic E-state index is 0.0962. The molecule has 0 atom stereocenters. The van der Waals surface area contributed by atoms with Gasteiger partial charge in [-0.2, -0.15) is 5.06 Å². The summed E-state index contributed by atoms with van der Waals surface area (Å²) in [6.07, 6.45) is 5.22. The molecule has 0 aliphatic carbocycles. The fraction of sp³-hybridized carbons (Fsp3) is 0.571. The SMILES string of the molecule is C=Nc1[nH]c(=O)n(C2CCN(O)CC2)c1/C=C\C.CC. The van der Waals surface area contributed by atoms with Gasteiger partial charge in [-0.15, -0.1) is 0 Å². The molecule has 0 aromatic carbocycles. The van der Waals surface area contributed by atoms with Gasteiger partial charge in [0, 0.05) is 19.1 Å². The number of aromatic nitrogens is 2. The van der Waals surface area contributed by atoms with Crippen LogP contribution in [0.1, 0.15) is 45.3 Å². The minimum atomic E-state index is -0.165. The van der Waals surface area contributed by atoms with Gasteiger partial charge in [-0.3, -0.25) is 9.55 Å². The molecule has 0 unspecified atom stereocenters. The van der Waals surface area contributed by atoms with Crippen LogP contribution in [0.3, 0.4) is 0 Å². The second-order valence-corrected chi connectivity index (χ2v) is 4.38. The standard InChI is InChI=1S/C12H18N4O2.C2H6/c1-3-4-10-11(13-2)14-12(17)16(10)9-5-7-15(18)8-6-9;1-2/h3-4,9,18H,2,5-8H2,1H3,(H,14,17);1-2H3/b4-3-;. The van der Waals surface area contributed by atoms with Crippen molar-refractivity contribution in [2.45, 2.75) is 39.7 Å². The third-order valence-electron chi connectivity index (χ3n) is 3.23.